The number of carbonyl (C=O) groups is 1. The Labute approximate surface area is 30.4 Å². The number of rotatable bonds is 0. The fourth-order valence-electron chi connectivity index (χ4n) is 0. The molecular formula is CH2BClO. The summed E-state index contributed by atoms with van der Waals surface area (Å²) in [6.07, 6.45) is 0. The number of hydrogen-bond donors (Lipinski definition) is 0. The number of carbonyl (C=O) groups excluding carboxylic acids is 1. The maximum atomic E-state index is 9.21. The monoisotopic (exact) mass is 76.0 g/mol. The predicted octanol–water partition coefficient (Wildman–Crippen LogP) is -0.0217. The van der Waals surface area contributed by atoms with Crippen LogP contribution in [0.5, 0.6) is 0 Å². The van der Waals surface area contributed by atoms with Crippen molar-refractivity contribution in [1.29, 1.82) is 0 Å². The van der Waals surface area contributed by atoms with Crippen LogP contribution in [0.4, 0.5) is 4.79 Å². The van der Waals surface area contributed by atoms with E-state index in [9.17, 15) is 4.79 Å². The van der Waals surface area contributed by atoms with E-state index >= 15 is 0 Å². The van der Waals surface area contributed by atoms with Crippen LogP contribution in [0.25, 0.3) is 0 Å². The molecule has 0 atom stereocenters. The first-order chi connectivity index (χ1) is 1.73. The van der Waals surface area contributed by atoms with E-state index in [-0.39, 0.29) is 5.14 Å². The van der Waals surface area contributed by atoms with Gasteiger partial charge in [-0.15, -0.1) is 0 Å². The molecule has 0 rings (SSSR count). The third-order valence-electron chi connectivity index (χ3n) is 0. The van der Waals surface area contributed by atoms with Gasteiger partial charge < -0.3 is 0 Å². The molecule has 0 aliphatic rings. The first-order valence-electron chi connectivity index (χ1n) is 0.893. The van der Waals surface area contributed by atoms with E-state index in [0.717, 1.165) is 0 Å². The van der Waals surface area contributed by atoms with E-state index < -0.39 is 0 Å². The standard InChI is InChI=1S/CH2BClO/c2-1(3)4/h2H2. The molecule has 0 saturated heterocycles. The zero-order valence-electron chi connectivity index (χ0n) is 2.29. The second-order valence-corrected chi connectivity index (χ2v) is 1.00. The summed E-state index contributed by atoms with van der Waals surface area (Å²) in [5.41, 5.74) is 0. The SMILES string of the molecule is BC(=O)Cl. The van der Waals surface area contributed by atoms with Gasteiger partial charge in [0.2, 0.25) is 7.85 Å². The quantitative estimate of drug-likeness (QED) is 0.293. The Morgan fingerprint density at radius 3 is 2.00 bits per heavy atom. The third-order valence-corrected chi connectivity index (χ3v) is 0. The van der Waals surface area contributed by atoms with E-state index in [2.05, 4.69) is 11.6 Å². The third kappa shape index (κ3) is 3420. The molecule has 0 radical (unpaired) electrons. The molecule has 0 bridgehead atoms. The molecule has 0 fully saturated rings. The van der Waals surface area contributed by atoms with Crippen molar-refractivity contribution in [2.75, 3.05) is 0 Å². The molecule has 0 aliphatic heterocycles. The van der Waals surface area contributed by atoms with Crippen molar-refractivity contribution in [3.05, 3.63) is 0 Å². The highest BCUT2D eigenvalue weighted by atomic mass is 35.5. The number of halogens is 1. The lowest BCUT2D eigenvalue weighted by molar-refractivity contribution is 0.275. The van der Waals surface area contributed by atoms with Gasteiger partial charge in [-0.3, -0.25) is 4.79 Å². The lowest BCUT2D eigenvalue weighted by Crippen LogP contribution is -1.69. The topological polar surface area (TPSA) is 17.1 Å². The Morgan fingerprint density at radius 2 is 2.00 bits per heavy atom. The van der Waals surface area contributed by atoms with Gasteiger partial charge in [0, 0.05) is 0 Å². The van der Waals surface area contributed by atoms with E-state index in [1.807, 2.05) is 0 Å². The Bertz CT molecular complexity index is 31.0. The molecule has 0 heterocycles. The van der Waals surface area contributed by atoms with Crippen LogP contribution in [0.3, 0.4) is 0 Å². The van der Waals surface area contributed by atoms with Crippen LogP contribution in [0, 0.1) is 0 Å². The minimum atomic E-state index is -0.361. The van der Waals surface area contributed by atoms with Gasteiger partial charge in [-0.25, -0.2) is 0 Å². The lowest BCUT2D eigenvalue weighted by Gasteiger charge is -1.51. The van der Waals surface area contributed by atoms with Crippen LogP contribution in [-0.2, 0) is 0 Å². The summed E-state index contributed by atoms with van der Waals surface area (Å²) in [5, 5.41) is -0.361. The Balaban J connectivity index is 2.80. The summed E-state index contributed by atoms with van der Waals surface area (Å²) in [6, 6.07) is 0. The van der Waals surface area contributed by atoms with E-state index in [1.165, 1.54) is 7.85 Å². The predicted molar refractivity (Wildman–Crippen MR) is 19.8 cm³/mol. The van der Waals surface area contributed by atoms with Crippen molar-refractivity contribution in [3.8, 4) is 0 Å². The maximum absolute atomic E-state index is 9.21. The van der Waals surface area contributed by atoms with Gasteiger partial charge >= 0.3 is 0 Å². The van der Waals surface area contributed by atoms with Gasteiger partial charge in [0.1, 0.15) is 0 Å². The molecule has 0 amide bonds. The molecule has 22 valence electrons. The van der Waals surface area contributed by atoms with Crippen LogP contribution >= 0.6 is 11.6 Å². The van der Waals surface area contributed by atoms with Gasteiger partial charge in [0.05, 0.1) is 0 Å². The molecule has 0 saturated carbocycles. The highest BCUT2D eigenvalue weighted by molar-refractivity contribution is 6.91. The van der Waals surface area contributed by atoms with Gasteiger partial charge in [0.25, 0.3) is 0 Å². The van der Waals surface area contributed by atoms with Crippen molar-refractivity contribution in [3.63, 3.8) is 0 Å². The highest BCUT2D eigenvalue weighted by Gasteiger charge is 1.68. The molecule has 3 heteroatoms. The van der Waals surface area contributed by atoms with Crippen LogP contribution in [-0.4, -0.2) is 13.0 Å². The van der Waals surface area contributed by atoms with Crippen LogP contribution < -0.4 is 0 Å². The Kier molecular flexibility index (Phi) is 1.36. The summed E-state index contributed by atoms with van der Waals surface area (Å²) >= 11 is 4.64. The van der Waals surface area contributed by atoms with Crippen molar-refractivity contribution >= 4 is 24.6 Å². The molecule has 0 aromatic heterocycles. The Hall–Kier alpha value is 0.0249. The molecule has 1 nitrogen and oxygen atoms in total. The van der Waals surface area contributed by atoms with Crippen molar-refractivity contribution < 1.29 is 4.79 Å². The lowest BCUT2D eigenvalue weighted by atomic mass is 10.2. The van der Waals surface area contributed by atoms with Crippen LogP contribution in [0.15, 0.2) is 0 Å². The van der Waals surface area contributed by atoms with Crippen molar-refractivity contribution in [2.24, 2.45) is 0 Å². The van der Waals surface area contributed by atoms with Crippen LogP contribution in [0.2, 0.25) is 0 Å². The second-order valence-electron chi connectivity index (χ2n) is 0.470. The zero-order chi connectivity index (χ0) is 3.58. The first-order valence-corrected chi connectivity index (χ1v) is 1.27. The van der Waals surface area contributed by atoms with E-state index in [1.54, 1.807) is 0 Å². The van der Waals surface area contributed by atoms with E-state index in [4.69, 9.17) is 0 Å². The minimum absolute atomic E-state index is 0.361. The molecular weight excluding hydrogens is 74.3 g/mol. The molecule has 4 heavy (non-hydrogen) atoms. The van der Waals surface area contributed by atoms with Gasteiger partial charge in [-0.2, -0.15) is 0 Å². The molecule has 0 N–H and O–H groups in total. The summed E-state index contributed by atoms with van der Waals surface area (Å²) in [5.74, 6) is 0. The maximum Gasteiger partial charge on any atom is 0.208 e. The van der Waals surface area contributed by atoms with E-state index in [0.29, 0.717) is 0 Å². The average Bonchev–Trinajstić information content (AvgIpc) is 0.811. The van der Waals surface area contributed by atoms with Gasteiger partial charge in [-0.1, -0.05) is 11.6 Å². The number of hydrogen-bond acceptors (Lipinski definition) is 1. The summed E-state index contributed by atoms with van der Waals surface area (Å²) < 4.78 is 0. The molecule has 0 spiro atoms. The molecule has 0 aromatic carbocycles. The Morgan fingerprint density at radius 1 is 2.00 bits per heavy atom. The highest BCUT2D eigenvalue weighted by Crippen LogP contribution is 1.66. The fraction of sp³-hybridized carbons (Fsp3) is 0. The smallest absolute Gasteiger partial charge is 0.208 e. The van der Waals surface area contributed by atoms with Crippen molar-refractivity contribution in [2.45, 2.75) is 0 Å². The normalized spacial score (nSPS) is 6.25. The summed E-state index contributed by atoms with van der Waals surface area (Å²) in [7, 11) is 1.29. The zero-order valence-corrected chi connectivity index (χ0v) is 3.04. The molecule has 0 aromatic rings. The van der Waals surface area contributed by atoms with Crippen LogP contribution in [0.1, 0.15) is 0 Å². The largest absolute Gasteiger partial charge is 0.294 e. The van der Waals surface area contributed by atoms with Gasteiger partial charge in [-0.05, 0) is 0 Å². The minimum Gasteiger partial charge on any atom is -0.294 e. The molecule has 0 aliphatic carbocycles. The van der Waals surface area contributed by atoms with Crippen molar-refractivity contribution in [1.82, 2.24) is 0 Å². The summed E-state index contributed by atoms with van der Waals surface area (Å²) in [6.45, 7) is 0. The average molecular weight is 76.3 g/mol. The summed E-state index contributed by atoms with van der Waals surface area (Å²) in [4.78, 5) is 9.21. The second kappa shape index (κ2) is 1.36. The molecule has 0 unspecified atom stereocenters. The fourth-order valence-corrected chi connectivity index (χ4v) is 0. The first kappa shape index (κ1) is 4.02. The van der Waals surface area contributed by atoms with Gasteiger partial charge in [0.15, 0.2) is 5.14 Å².